The number of amides is 1. The second-order valence-corrected chi connectivity index (χ2v) is 5.96. The number of hydrogen-bond donors (Lipinski definition) is 3. The van der Waals surface area contributed by atoms with Crippen LogP contribution in [0.4, 0.5) is 0 Å². The Morgan fingerprint density at radius 3 is 2.48 bits per heavy atom. The Balaban J connectivity index is 0.00000364. The molecule has 1 amide bonds. The molecule has 0 saturated carbocycles. The summed E-state index contributed by atoms with van der Waals surface area (Å²) in [7, 11) is 0. The Bertz CT molecular complexity index is 710. The Morgan fingerprint density at radius 2 is 1.81 bits per heavy atom. The molecule has 1 aromatic carbocycles. The number of halogens is 2. The number of nitrogens with one attached hydrogen (secondary N) is 3. The van der Waals surface area contributed by atoms with E-state index in [0.717, 1.165) is 24.6 Å². The fourth-order valence-electron chi connectivity index (χ4n) is 2.23. The molecule has 0 unspecified atom stereocenters. The van der Waals surface area contributed by atoms with Crippen molar-refractivity contribution in [3.63, 3.8) is 0 Å². The predicted octanol–water partition coefficient (Wildman–Crippen LogP) is 2.88. The molecule has 0 aliphatic heterocycles. The van der Waals surface area contributed by atoms with Crippen molar-refractivity contribution < 1.29 is 4.79 Å². The molecule has 3 N–H and O–H groups in total. The lowest BCUT2D eigenvalue weighted by Gasteiger charge is -2.12. The van der Waals surface area contributed by atoms with Crippen LogP contribution in [0.2, 0.25) is 5.02 Å². The lowest BCUT2D eigenvalue weighted by atomic mass is 10.2. The lowest BCUT2D eigenvalue weighted by molar-refractivity contribution is 0.0954. The highest BCUT2D eigenvalue weighted by molar-refractivity contribution is 14.0. The first-order valence-corrected chi connectivity index (χ1v) is 9.02. The van der Waals surface area contributed by atoms with Crippen molar-refractivity contribution in [1.82, 2.24) is 20.9 Å². The molecular formula is C19H25ClIN5O. The Kier molecular flexibility index (Phi) is 11.4. The molecule has 0 spiro atoms. The molecule has 0 saturated heterocycles. The summed E-state index contributed by atoms with van der Waals surface area (Å²) >= 11 is 5.82. The van der Waals surface area contributed by atoms with Gasteiger partial charge < -0.3 is 16.0 Å². The Hall–Kier alpha value is -1.87. The number of nitrogens with zero attached hydrogens (tertiary/aromatic N) is 2. The molecule has 0 fully saturated rings. The summed E-state index contributed by atoms with van der Waals surface area (Å²) < 4.78 is 0. The Morgan fingerprint density at radius 1 is 1.07 bits per heavy atom. The zero-order chi connectivity index (χ0) is 18.6. The molecule has 1 aromatic heterocycles. The smallest absolute Gasteiger partial charge is 0.251 e. The second kappa shape index (κ2) is 13.3. The van der Waals surface area contributed by atoms with Crippen molar-refractivity contribution in [2.24, 2.45) is 4.99 Å². The van der Waals surface area contributed by atoms with Crippen LogP contribution in [-0.4, -0.2) is 43.0 Å². The zero-order valence-corrected chi connectivity index (χ0v) is 18.3. The largest absolute Gasteiger partial charge is 0.357 e. The normalized spacial score (nSPS) is 10.7. The highest BCUT2D eigenvalue weighted by atomic mass is 127. The maximum atomic E-state index is 12.0. The van der Waals surface area contributed by atoms with E-state index >= 15 is 0 Å². The standard InChI is InChI=1S/C19H24ClN5O.HI/c1-2-21-19(24-12-10-17-5-3-4-11-22-17)25-14-13-23-18(26)15-6-8-16(20)9-7-15;/h3-9,11H,2,10,12-14H2,1H3,(H,23,26)(H2,21,24,25);1H. The minimum absolute atomic E-state index is 0. The first-order valence-electron chi connectivity index (χ1n) is 8.65. The van der Waals surface area contributed by atoms with E-state index < -0.39 is 0 Å². The topological polar surface area (TPSA) is 78.4 Å². The quantitative estimate of drug-likeness (QED) is 0.225. The molecule has 0 aliphatic carbocycles. The average molecular weight is 502 g/mol. The van der Waals surface area contributed by atoms with Crippen LogP contribution < -0.4 is 16.0 Å². The number of carbonyl (C=O) groups excluding carboxylic acids is 1. The van der Waals surface area contributed by atoms with Crippen LogP contribution in [0.5, 0.6) is 0 Å². The summed E-state index contributed by atoms with van der Waals surface area (Å²) in [6.07, 6.45) is 2.57. The number of aromatic nitrogens is 1. The van der Waals surface area contributed by atoms with Gasteiger partial charge in [0.2, 0.25) is 0 Å². The molecule has 0 aliphatic rings. The summed E-state index contributed by atoms with van der Waals surface area (Å²) in [4.78, 5) is 20.8. The molecule has 8 heteroatoms. The first-order chi connectivity index (χ1) is 12.7. The summed E-state index contributed by atoms with van der Waals surface area (Å²) in [5, 5.41) is 9.86. The van der Waals surface area contributed by atoms with E-state index in [-0.39, 0.29) is 29.9 Å². The van der Waals surface area contributed by atoms with Crippen LogP contribution in [-0.2, 0) is 6.42 Å². The fourth-order valence-corrected chi connectivity index (χ4v) is 2.36. The van der Waals surface area contributed by atoms with Crippen molar-refractivity contribution in [1.29, 1.82) is 0 Å². The number of hydrogen-bond acceptors (Lipinski definition) is 3. The monoisotopic (exact) mass is 501 g/mol. The van der Waals surface area contributed by atoms with Gasteiger partial charge in [-0.1, -0.05) is 17.7 Å². The highest BCUT2D eigenvalue weighted by Gasteiger charge is 2.04. The maximum Gasteiger partial charge on any atom is 0.251 e. The van der Waals surface area contributed by atoms with Crippen molar-refractivity contribution in [2.45, 2.75) is 13.3 Å². The summed E-state index contributed by atoms with van der Waals surface area (Å²) in [5.41, 5.74) is 1.60. The third-order valence-corrected chi connectivity index (χ3v) is 3.77. The molecular weight excluding hydrogens is 477 g/mol. The van der Waals surface area contributed by atoms with Crippen LogP contribution in [0.25, 0.3) is 0 Å². The molecule has 2 rings (SSSR count). The fraction of sp³-hybridized carbons (Fsp3) is 0.316. The van der Waals surface area contributed by atoms with Gasteiger partial charge in [0, 0.05) is 55.1 Å². The first kappa shape index (κ1) is 23.2. The number of benzene rings is 1. The van der Waals surface area contributed by atoms with Gasteiger partial charge in [0.1, 0.15) is 0 Å². The molecule has 2 aromatic rings. The highest BCUT2D eigenvalue weighted by Crippen LogP contribution is 2.09. The molecule has 146 valence electrons. The van der Waals surface area contributed by atoms with E-state index in [0.29, 0.717) is 30.2 Å². The van der Waals surface area contributed by atoms with E-state index in [1.807, 2.05) is 25.1 Å². The van der Waals surface area contributed by atoms with Crippen LogP contribution in [0.15, 0.2) is 53.7 Å². The van der Waals surface area contributed by atoms with Crippen LogP contribution in [0.3, 0.4) is 0 Å². The SMILES string of the molecule is CCNC(=NCCc1ccccn1)NCCNC(=O)c1ccc(Cl)cc1.I. The molecule has 27 heavy (non-hydrogen) atoms. The van der Waals surface area contributed by atoms with Gasteiger partial charge in [0.25, 0.3) is 5.91 Å². The average Bonchev–Trinajstić information content (AvgIpc) is 2.66. The van der Waals surface area contributed by atoms with E-state index in [1.54, 1.807) is 30.5 Å². The van der Waals surface area contributed by atoms with Crippen molar-refractivity contribution >= 4 is 47.4 Å². The number of aliphatic imine (C=N–C) groups is 1. The predicted molar refractivity (Wildman–Crippen MR) is 121 cm³/mol. The van der Waals surface area contributed by atoms with Gasteiger partial charge in [-0.25, -0.2) is 0 Å². The van der Waals surface area contributed by atoms with Gasteiger partial charge >= 0.3 is 0 Å². The number of pyridine rings is 1. The summed E-state index contributed by atoms with van der Waals surface area (Å²) in [5.74, 6) is 0.602. The summed E-state index contributed by atoms with van der Waals surface area (Å²) in [6, 6.07) is 12.7. The van der Waals surface area contributed by atoms with E-state index in [9.17, 15) is 4.79 Å². The molecule has 0 atom stereocenters. The minimum atomic E-state index is -0.124. The minimum Gasteiger partial charge on any atom is -0.357 e. The van der Waals surface area contributed by atoms with Crippen molar-refractivity contribution in [2.75, 3.05) is 26.2 Å². The lowest BCUT2D eigenvalue weighted by Crippen LogP contribution is -2.41. The third kappa shape index (κ3) is 9.05. The number of carbonyl (C=O) groups is 1. The molecule has 1 heterocycles. The zero-order valence-electron chi connectivity index (χ0n) is 15.2. The van der Waals surface area contributed by atoms with Gasteiger partial charge in [-0.15, -0.1) is 24.0 Å². The van der Waals surface area contributed by atoms with Crippen LogP contribution in [0.1, 0.15) is 23.0 Å². The maximum absolute atomic E-state index is 12.0. The van der Waals surface area contributed by atoms with Gasteiger partial charge in [0.15, 0.2) is 5.96 Å². The van der Waals surface area contributed by atoms with Crippen molar-refractivity contribution in [3.8, 4) is 0 Å². The van der Waals surface area contributed by atoms with E-state index in [4.69, 9.17) is 11.6 Å². The Labute approximate surface area is 182 Å². The van der Waals surface area contributed by atoms with E-state index in [2.05, 4.69) is 25.9 Å². The third-order valence-electron chi connectivity index (χ3n) is 3.52. The van der Waals surface area contributed by atoms with Gasteiger partial charge in [0.05, 0.1) is 0 Å². The number of rotatable bonds is 8. The molecule has 6 nitrogen and oxygen atoms in total. The number of guanidine groups is 1. The van der Waals surface area contributed by atoms with Crippen LogP contribution in [0, 0.1) is 0 Å². The summed E-state index contributed by atoms with van der Waals surface area (Å²) in [6.45, 7) is 4.50. The van der Waals surface area contributed by atoms with Gasteiger partial charge in [-0.2, -0.15) is 0 Å². The van der Waals surface area contributed by atoms with Gasteiger partial charge in [-0.05, 0) is 43.3 Å². The van der Waals surface area contributed by atoms with E-state index in [1.165, 1.54) is 0 Å². The van der Waals surface area contributed by atoms with Crippen molar-refractivity contribution in [3.05, 3.63) is 64.9 Å². The molecule has 0 bridgehead atoms. The second-order valence-electron chi connectivity index (χ2n) is 5.52. The molecule has 0 radical (unpaired) electrons. The van der Waals surface area contributed by atoms with Gasteiger partial charge in [-0.3, -0.25) is 14.8 Å². The van der Waals surface area contributed by atoms with Crippen LogP contribution >= 0.6 is 35.6 Å².